The van der Waals surface area contributed by atoms with Crippen molar-refractivity contribution in [3.05, 3.63) is 388 Å². The summed E-state index contributed by atoms with van der Waals surface area (Å²) in [4.78, 5) is 21.9. The van der Waals surface area contributed by atoms with E-state index in [1.54, 1.807) is 0 Å². The van der Waals surface area contributed by atoms with Crippen molar-refractivity contribution in [1.82, 2.24) is 47.3 Å². The van der Waals surface area contributed by atoms with Crippen molar-refractivity contribution in [2.24, 2.45) is 0 Å². The Morgan fingerprint density at radius 1 is 0.161 bits per heavy atom. The third kappa shape index (κ3) is 9.27. The molecule has 546 valence electrons. The minimum atomic E-state index is 0.611. The van der Waals surface area contributed by atoms with E-state index >= 15 is 0 Å². The molecular weight excluding hydrogens is 1440 g/mol. The minimum Gasteiger partial charge on any atom is -0.309 e. The molecule has 18 aromatic carbocycles. The summed E-state index contributed by atoms with van der Waals surface area (Å²) in [6, 6.07) is 141. The molecule has 0 saturated carbocycles. The second-order valence-corrected chi connectivity index (χ2v) is 31.2. The van der Waals surface area contributed by atoms with E-state index in [0.29, 0.717) is 11.9 Å². The normalized spacial score (nSPS) is 12.2. The van der Waals surface area contributed by atoms with Crippen LogP contribution >= 0.6 is 0 Å². The van der Waals surface area contributed by atoms with Gasteiger partial charge in [0.1, 0.15) is 0 Å². The summed E-state index contributed by atoms with van der Waals surface area (Å²) < 4.78 is 14.3. The van der Waals surface area contributed by atoms with Crippen LogP contribution in [0.25, 0.3) is 242 Å². The first kappa shape index (κ1) is 64.5. The van der Waals surface area contributed by atoms with Crippen LogP contribution in [0.4, 0.5) is 0 Å². The van der Waals surface area contributed by atoms with E-state index in [0.717, 1.165) is 160 Å². The Labute approximate surface area is 673 Å². The van der Waals surface area contributed by atoms with Gasteiger partial charge in [-0.15, -0.1) is 0 Å². The molecule has 0 radical (unpaired) electrons. The van der Waals surface area contributed by atoms with Gasteiger partial charge in [0.15, 0.2) is 0 Å². The van der Waals surface area contributed by atoms with E-state index < -0.39 is 0 Å². The first-order valence-electron chi connectivity index (χ1n) is 40.3. The summed E-state index contributed by atoms with van der Waals surface area (Å²) in [7, 11) is 0. The van der Waals surface area contributed by atoms with Crippen molar-refractivity contribution in [3.8, 4) is 68.3 Å². The SMILES string of the molecule is c1ccc(-c2nc(-n3c4ccccc4c4cc(-n5c6ccccc6c6c7c8ccccc8n(-c8ccc9ccc(-c%10ccc%11nc(-n%12c%13ccccc%13c%13cc(-n%14c%15ccccc%15c%15c%16c%17ccccc%17n(-c%17cccc%18ccccc%17%18)c%16ccc%15%14)ccc%13%12)nc(-c%12ccccc%12)c%11c%10)cc9c8)c7ccc65)ccc43)nc3ccccc23)cc1. The zero-order chi connectivity index (χ0) is 77.0. The standard InChI is InChI=1S/C108H64N10/c1-3-25-67(26-4-1)105-78-33-9-16-38-86(78)109-107(111-105)117-89-39-17-10-31-76(89)83-63-73(51-54-95(83)117)114-92-42-20-13-35-80(92)102-98(114)57-56-97-101(102)79-34-12-19-41-91(79)113(97)72-50-48-65-46-47-69(60-71(65)61-72)70-49-53-87-85(62-70)106(68-27-5-2-6-28-68)112-108(110-87)118-90-40-18-11-32-77(90)84-64-74(52-55-96(84)118)115-93-43-21-14-36-81(93)103-99(115)58-59-100-104(103)82-37-15-22-44-94(82)116(100)88-45-23-29-66-24-7-8-30-75(66)88/h1-64H. The molecule has 26 aromatic rings. The second kappa shape index (κ2) is 24.7. The Morgan fingerprint density at radius 2 is 0.517 bits per heavy atom. The molecule has 0 fully saturated rings. The number of benzene rings is 18. The molecule has 0 spiro atoms. The fourth-order valence-corrected chi connectivity index (χ4v) is 19.9. The largest absolute Gasteiger partial charge is 0.309 e. The van der Waals surface area contributed by atoms with E-state index in [9.17, 15) is 0 Å². The number of nitrogens with zero attached hydrogens (tertiary/aromatic N) is 10. The zero-order valence-corrected chi connectivity index (χ0v) is 63.4. The van der Waals surface area contributed by atoms with Gasteiger partial charge in [-0.05, 0) is 167 Å². The average Bonchev–Trinajstić information content (AvgIpc) is 1.56. The molecule has 0 amide bonds. The zero-order valence-electron chi connectivity index (χ0n) is 63.4. The first-order valence-corrected chi connectivity index (χ1v) is 40.3. The molecule has 0 N–H and O–H groups in total. The Balaban J connectivity index is 0.582. The maximum absolute atomic E-state index is 5.67. The topological polar surface area (TPSA) is 81.1 Å². The third-order valence-corrected chi connectivity index (χ3v) is 25.0. The second-order valence-electron chi connectivity index (χ2n) is 31.2. The smallest absolute Gasteiger partial charge is 0.235 e. The summed E-state index contributed by atoms with van der Waals surface area (Å²) >= 11 is 0. The maximum Gasteiger partial charge on any atom is 0.235 e. The van der Waals surface area contributed by atoms with Crippen LogP contribution in [0.2, 0.25) is 0 Å². The van der Waals surface area contributed by atoms with E-state index in [2.05, 4.69) is 410 Å². The highest BCUT2D eigenvalue weighted by Crippen LogP contribution is 2.48. The van der Waals surface area contributed by atoms with Crippen molar-refractivity contribution in [3.63, 3.8) is 0 Å². The summed E-state index contributed by atoms with van der Waals surface area (Å²) in [6.07, 6.45) is 0. The van der Waals surface area contributed by atoms with Gasteiger partial charge in [-0.1, -0.05) is 249 Å². The van der Waals surface area contributed by atoms with Crippen LogP contribution in [0.1, 0.15) is 0 Å². The molecule has 118 heavy (non-hydrogen) atoms. The molecule has 0 unspecified atom stereocenters. The molecule has 0 atom stereocenters. The van der Waals surface area contributed by atoms with E-state index in [-0.39, 0.29) is 0 Å². The fourth-order valence-electron chi connectivity index (χ4n) is 19.9. The van der Waals surface area contributed by atoms with E-state index in [1.807, 2.05) is 6.07 Å². The maximum atomic E-state index is 5.67. The highest BCUT2D eigenvalue weighted by Gasteiger charge is 2.27. The average molecular weight is 1500 g/mol. The van der Waals surface area contributed by atoms with E-state index in [4.69, 9.17) is 19.9 Å². The molecule has 26 rings (SSSR count). The summed E-state index contributed by atoms with van der Waals surface area (Å²) in [5, 5.41) is 21.0. The fraction of sp³-hybridized carbons (Fsp3) is 0. The van der Waals surface area contributed by atoms with Crippen molar-refractivity contribution in [2.75, 3.05) is 0 Å². The molecular formula is C108H64N10. The lowest BCUT2D eigenvalue weighted by Crippen LogP contribution is -2.03. The third-order valence-electron chi connectivity index (χ3n) is 25.0. The van der Waals surface area contributed by atoms with Crippen molar-refractivity contribution in [1.29, 1.82) is 0 Å². The molecule has 0 aliphatic carbocycles. The number of hydrogen-bond donors (Lipinski definition) is 0. The molecule has 8 aromatic heterocycles. The Kier molecular flexibility index (Phi) is 13.5. The van der Waals surface area contributed by atoms with Crippen LogP contribution in [0.5, 0.6) is 0 Å². The number of para-hydroxylation sites is 7. The highest BCUT2D eigenvalue weighted by molar-refractivity contribution is 6.31. The number of rotatable bonds is 9. The van der Waals surface area contributed by atoms with Gasteiger partial charge in [0.2, 0.25) is 11.9 Å². The van der Waals surface area contributed by atoms with Gasteiger partial charge in [0, 0.05) is 109 Å². The summed E-state index contributed by atoms with van der Waals surface area (Å²) in [6.45, 7) is 0. The summed E-state index contributed by atoms with van der Waals surface area (Å²) in [5.74, 6) is 1.25. The van der Waals surface area contributed by atoms with Crippen molar-refractivity contribution >= 4 is 174 Å². The quantitative estimate of drug-likeness (QED) is 0.144. The lowest BCUT2D eigenvalue weighted by molar-refractivity contribution is 1.01. The van der Waals surface area contributed by atoms with Gasteiger partial charge in [-0.25, -0.2) is 19.9 Å². The van der Waals surface area contributed by atoms with Crippen LogP contribution in [-0.4, -0.2) is 47.3 Å². The van der Waals surface area contributed by atoms with Crippen molar-refractivity contribution in [2.45, 2.75) is 0 Å². The monoisotopic (exact) mass is 1500 g/mol. The first-order chi connectivity index (χ1) is 58.5. The number of aromatic nitrogens is 10. The number of hydrogen-bond acceptors (Lipinski definition) is 4. The molecule has 10 nitrogen and oxygen atoms in total. The molecule has 8 heterocycles. The van der Waals surface area contributed by atoms with E-state index in [1.165, 1.54) is 70.6 Å². The molecule has 0 aliphatic rings. The lowest BCUT2D eigenvalue weighted by atomic mass is 9.98. The number of fused-ring (bicyclic) bond motifs is 24. The summed E-state index contributed by atoms with van der Waals surface area (Å²) in [5.41, 5.74) is 25.6. The predicted molar refractivity (Wildman–Crippen MR) is 490 cm³/mol. The van der Waals surface area contributed by atoms with Gasteiger partial charge in [-0.2, -0.15) is 0 Å². The Morgan fingerprint density at radius 3 is 1.04 bits per heavy atom. The minimum absolute atomic E-state index is 0.611. The Bertz CT molecular complexity index is 8830. The van der Waals surface area contributed by atoms with Crippen LogP contribution in [0.3, 0.4) is 0 Å². The molecule has 10 heteroatoms. The molecule has 0 bridgehead atoms. The highest BCUT2D eigenvalue weighted by atomic mass is 15.2. The van der Waals surface area contributed by atoms with Crippen LogP contribution < -0.4 is 0 Å². The predicted octanol–water partition coefficient (Wildman–Crippen LogP) is 27.5. The van der Waals surface area contributed by atoms with Crippen LogP contribution in [-0.2, 0) is 0 Å². The van der Waals surface area contributed by atoms with Crippen LogP contribution in [0, 0.1) is 0 Å². The van der Waals surface area contributed by atoms with Gasteiger partial charge in [0.25, 0.3) is 0 Å². The van der Waals surface area contributed by atoms with Gasteiger partial charge >= 0.3 is 0 Å². The van der Waals surface area contributed by atoms with Crippen LogP contribution in [0.15, 0.2) is 388 Å². The Hall–Kier alpha value is -16.0. The van der Waals surface area contributed by atoms with Gasteiger partial charge < -0.3 is 18.3 Å². The molecule has 0 saturated heterocycles. The van der Waals surface area contributed by atoms with Gasteiger partial charge in [0.05, 0.1) is 94.3 Å². The van der Waals surface area contributed by atoms with Gasteiger partial charge in [-0.3, -0.25) is 9.13 Å². The molecule has 0 aliphatic heterocycles. The lowest BCUT2D eigenvalue weighted by Gasteiger charge is -2.14. The van der Waals surface area contributed by atoms with Crippen molar-refractivity contribution < 1.29 is 0 Å².